The van der Waals surface area contributed by atoms with E-state index in [0.717, 1.165) is 33.8 Å². The summed E-state index contributed by atoms with van der Waals surface area (Å²) >= 11 is 0. The van der Waals surface area contributed by atoms with Gasteiger partial charge in [0.15, 0.2) is 0 Å². The minimum atomic E-state index is -0.175. The molecule has 0 aliphatic rings. The van der Waals surface area contributed by atoms with Gasteiger partial charge in [-0.2, -0.15) is 10.2 Å². The van der Waals surface area contributed by atoms with Gasteiger partial charge in [-0.15, -0.1) is 0 Å². The van der Waals surface area contributed by atoms with Crippen molar-refractivity contribution in [2.45, 2.75) is 13.0 Å². The number of aromatic nitrogens is 2. The number of aryl methyl sites for hydroxylation is 1. The maximum atomic E-state index is 12.3. The predicted molar refractivity (Wildman–Crippen MR) is 126 cm³/mol. The number of amides is 1. The second-order valence-electron chi connectivity index (χ2n) is 7.19. The second-order valence-corrected chi connectivity index (χ2v) is 7.19. The lowest BCUT2D eigenvalue weighted by atomic mass is 10.1. The molecule has 4 rings (SSSR count). The summed E-state index contributed by atoms with van der Waals surface area (Å²) < 4.78 is 7.01. The van der Waals surface area contributed by atoms with Crippen LogP contribution in [0.25, 0.3) is 22.5 Å². The van der Waals surface area contributed by atoms with Crippen LogP contribution in [0.3, 0.4) is 0 Å². The van der Waals surface area contributed by atoms with Crippen LogP contribution in [0.2, 0.25) is 0 Å². The molecule has 0 aliphatic heterocycles. The Labute approximate surface area is 187 Å². The molecule has 1 amide bonds. The van der Waals surface area contributed by atoms with Crippen molar-refractivity contribution in [1.29, 1.82) is 0 Å². The molecule has 1 heterocycles. The summed E-state index contributed by atoms with van der Waals surface area (Å²) in [5.41, 5.74) is 7.40. The van der Waals surface area contributed by atoms with Gasteiger partial charge in [0.25, 0.3) is 0 Å². The van der Waals surface area contributed by atoms with E-state index in [0.29, 0.717) is 6.54 Å². The Morgan fingerprint density at radius 1 is 0.969 bits per heavy atom. The van der Waals surface area contributed by atoms with Gasteiger partial charge in [0, 0.05) is 12.0 Å². The number of nitrogens with zero attached hydrogens (tertiary/aromatic N) is 3. The first-order chi connectivity index (χ1) is 15.7. The van der Waals surface area contributed by atoms with E-state index >= 15 is 0 Å². The monoisotopic (exact) mass is 424 g/mol. The molecule has 0 unspecified atom stereocenters. The van der Waals surface area contributed by atoms with E-state index in [4.69, 9.17) is 9.84 Å². The smallest absolute Gasteiger partial charge is 0.241 e. The zero-order chi connectivity index (χ0) is 22.2. The molecule has 160 valence electrons. The highest BCUT2D eigenvalue weighted by molar-refractivity contribution is 5.82. The third-order valence-corrected chi connectivity index (χ3v) is 4.99. The molecular weight excluding hydrogens is 400 g/mol. The normalized spacial score (nSPS) is 10.9. The molecule has 0 fully saturated rings. The van der Waals surface area contributed by atoms with Crippen molar-refractivity contribution in [2.24, 2.45) is 5.10 Å². The number of carbonyl (C=O) groups is 1. The number of methoxy groups -OCH3 is 1. The molecule has 6 nitrogen and oxygen atoms in total. The van der Waals surface area contributed by atoms with E-state index in [2.05, 4.69) is 16.6 Å². The van der Waals surface area contributed by atoms with Crippen molar-refractivity contribution in [2.75, 3.05) is 7.11 Å². The Morgan fingerprint density at radius 3 is 2.28 bits per heavy atom. The van der Waals surface area contributed by atoms with Crippen molar-refractivity contribution < 1.29 is 9.53 Å². The minimum Gasteiger partial charge on any atom is -0.497 e. The maximum absolute atomic E-state index is 12.3. The van der Waals surface area contributed by atoms with Gasteiger partial charge in [-0.3, -0.25) is 9.48 Å². The molecule has 0 bridgehead atoms. The standard InChI is InChI=1S/C26H24N4O2/c1-32-23-14-12-20(13-15-23)19-27-28-26(31)16-17-30-25(22-10-6-3-7-11-22)18-24(29-30)21-8-4-2-5-9-21/h2-15,18-19H,16-17H2,1H3,(H,28,31)/b27-19+. The van der Waals surface area contributed by atoms with Crippen LogP contribution in [-0.2, 0) is 11.3 Å². The van der Waals surface area contributed by atoms with E-state index < -0.39 is 0 Å². The fourth-order valence-electron chi connectivity index (χ4n) is 3.31. The highest BCUT2D eigenvalue weighted by Crippen LogP contribution is 2.26. The van der Waals surface area contributed by atoms with E-state index in [1.54, 1.807) is 13.3 Å². The van der Waals surface area contributed by atoms with Crippen molar-refractivity contribution >= 4 is 12.1 Å². The third kappa shape index (κ3) is 5.29. The average molecular weight is 425 g/mol. The van der Waals surface area contributed by atoms with Crippen LogP contribution in [-0.4, -0.2) is 29.0 Å². The molecule has 32 heavy (non-hydrogen) atoms. The highest BCUT2D eigenvalue weighted by Gasteiger charge is 2.12. The van der Waals surface area contributed by atoms with Crippen LogP contribution in [0, 0.1) is 0 Å². The van der Waals surface area contributed by atoms with Gasteiger partial charge in [0.1, 0.15) is 5.75 Å². The van der Waals surface area contributed by atoms with Gasteiger partial charge >= 0.3 is 0 Å². The molecule has 0 saturated heterocycles. The lowest BCUT2D eigenvalue weighted by Crippen LogP contribution is -2.20. The summed E-state index contributed by atoms with van der Waals surface area (Å²) in [4.78, 5) is 12.3. The Balaban J connectivity index is 1.44. The van der Waals surface area contributed by atoms with Crippen LogP contribution in [0.1, 0.15) is 12.0 Å². The van der Waals surface area contributed by atoms with Crippen molar-refractivity contribution in [3.05, 3.63) is 96.6 Å². The summed E-state index contributed by atoms with van der Waals surface area (Å²) in [6, 6.07) is 29.6. The molecule has 0 aliphatic carbocycles. The van der Waals surface area contributed by atoms with Gasteiger partial charge < -0.3 is 4.74 Å². The van der Waals surface area contributed by atoms with Crippen molar-refractivity contribution in [3.8, 4) is 28.3 Å². The molecule has 0 saturated carbocycles. The number of hydrazone groups is 1. The molecule has 0 spiro atoms. The number of hydrogen-bond acceptors (Lipinski definition) is 4. The predicted octanol–water partition coefficient (Wildman–Crippen LogP) is 4.77. The van der Waals surface area contributed by atoms with Crippen LogP contribution in [0.5, 0.6) is 5.75 Å². The van der Waals surface area contributed by atoms with Crippen LogP contribution >= 0.6 is 0 Å². The number of rotatable bonds is 8. The largest absolute Gasteiger partial charge is 0.497 e. The van der Waals surface area contributed by atoms with Gasteiger partial charge in [0.2, 0.25) is 5.91 Å². The number of ether oxygens (including phenoxy) is 1. The van der Waals surface area contributed by atoms with Crippen LogP contribution in [0.15, 0.2) is 96.1 Å². The molecule has 1 N–H and O–H groups in total. The van der Waals surface area contributed by atoms with Crippen molar-refractivity contribution in [1.82, 2.24) is 15.2 Å². The number of carbonyl (C=O) groups excluding carboxylic acids is 1. The molecule has 1 aromatic heterocycles. The van der Waals surface area contributed by atoms with E-state index in [-0.39, 0.29) is 12.3 Å². The molecular formula is C26H24N4O2. The number of benzene rings is 3. The van der Waals surface area contributed by atoms with Gasteiger partial charge in [0.05, 0.1) is 31.3 Å². The van der Waals surface area contributed by atoms with E-state index in [1.165, 1.54) is 0 Å². The third-order valence-electron chi connectivity index (χ3n) is 4.99. The van der Waals surface area contributed by atoms with Gasteiger partial charge in [-0.05, 0) is 41.5 Å². The summed E-state index contributed by atoms with van der Waals surface area (Å²) in [7, 11) is 1.62. The number of nitrogens with one attached hydrogen (secondary N) is 1. The summed E-state index contributed by atoms with van der Waals surface area (Å²) in [6.07, 6.45) is 1.86. The first-order valence-corrected chi connectivity index (χ1v) is 10.4. The minimum absolute atomic E-state index is 0.175. The number of hydrogen-bond donors (Lipinski definition) is 1. The molecule has 0 radical (unpaired) electrons. The van der Waals surface area contributed by atoms with Gasteiger partial charge in [-0.1, -0.05) is 60.7 Å². The topological polar surface area (TPSA) is 68.5 Å². The molecule has 6 heteroatoms. The Kier molecular flexibility index (Phi) is 6.72. The second kappa shape index (κ2) is 10.2. The zero-order valence-corrected chi connectivity index (χ0v) is 17.8. The Hall–Kier alpha value is -4.19. The van der Waals surface area contributed by atoms with E-state index in [9.17, 15) is 4.79 Å². The summed E-state index contributed by atoms with van der Waals surface area (Å²) in [5.74, 6) is 0.597. The zero-order valence-electron chi connectivity index (χ0n) is 17.8. The quantitative estimate of drug-likeness (QED) is 0.327. The molecule has 3 aromatic carbocycles. The van der Waals surface area contributed by atoms with Crippen LogP contribution in [0.4, 0.5) is 0 Å². The van der Waals surface area contributed by atoms with Crippen molar-refractivity contribution in [3.63, 3.8) is 0 Å². The lowest BCUT2D eigenvalue weighted by molar-refractivity contribution is -0.121. The first kappa shape index (κ1) is 21.1. The maximum Gasteiger partial charge on any atom is 0.241 e. The lowest BCUT2D eigenvalue weighted by Gasteiger charge is -2.07. The van der Waals surface area contributed by atoms with Gasteiger partial charge in [-0.25, -0.2) is 5.43 Å². The Morgan fingerprint density at radius 2 is 1.62 bits per heavy atom. The highest BCUT2D eigenvalue weighted by atomic mass is 16.5. The average Bonchev–Trinajstić information content (AvgIpc) is 3.29. The molecule has 0 atom stereocenters. The summed E-state index contributed by atoms with van der Waals surface area (Å²) in [5, 5.41) is 8.81. The van der Waals surface area contributed by atoms with E-state index in [1.807, 2.05) is 89.6 Å². The fraction of sp³-hybridized carbons (Fsp3) is 0.115. The Bertz CT molecular complexity index is 1180. The molecule has 4 aromatic rings. The van der Waals surface area contributed by atoms with Crippen LogP contribution < -0.4 is 10.2 Å². The SMILES string of the molecule is COc1ccc(/C=N/NC(=O)CCn2nc(-c3ccccc3)cc2-c2ccccc2)cc1. The summed E-state index contributed by atoms with van der Waals surface area (Å²) in [6.45, 7) is 0.445. The fourth-order valence-corrected chi connectivity index (χ4v) is 3.31. The first-order valence-electron chi connectivity index (χ1n) is 10.4.